The second kappa shape index (κ2) is 9.61. The number of carbonyl (C=O) groups is 1. The van der Waals surface area contributed by atoms with Gasteiger partial charge < -0.3 is 19.5 Å². The minimum Gasteiger partial charge on any atom is -0.493 e. The van der Waals surface area contributed by atoms with E-state index in [9.17, 15) is 4.79 Å². The first kappa shape index (κ1) is 22.1. The molecule has 0 fully saturated rings. The van der Waals surface area contributed by atoms with Gasteiger partial charge in [-0.25, -0.2) is 4.98 Å². The second-order valence-corrected chi connectivity index (χ2v) is 7.79. The largest absolute Gasteiger partial charge is 0.493 e. The van der Waals surface area contributed by atoms with Crippen molar-refractivity contribution in [1.29, 1.82) is 0 Å². The summed E-state index contributed by atoms with van der Waals surface area (Å²) in [6.07, 6.45) is 0.0626. The molecule has 1 heterocycles. The maximum absolute atomic E-state index is 13.3. The number of pyridine rings is 1. The number of benzene rings is 3. The monoisotopic (exact) mass is 442 g/mol. The SMILES string of the molecule is COc1ccc(NC(=O)c2cc(-c3cccc(OC(C)C)c3)nc3ccccc23)cc1OC. The van der Waals surface area contributed by atoms with Gasteiger partial charge >= 0.3 is 0 Å². The zero-order valence-electron chi connectivity index (χ0n) is 19.1. The molecule has 6 nitrogen and oxygen atoms in total. The number of rotatable bonds is 7. The fraction of sp³-hybridized carbons (Fsp3) is 0.185. The van der Waals surface area contributed by atoms with E-state index in [1.807, 2.05) is 68.4 Å². The molecule has 0 aliphatic carbocycles. The number of nitrogens with one attached hydrogen (secondary N) is 1. The molecule has 0 aliphatic rings. The fourth-order valence-corrected chi connectivity index (χ4v) is 3.62. The Balaban J connectivity index is 1.74. The summed E-state index contributed by atoms with van der Waals surface area (Å²) in [6, 6.07) is 22.4. The summed E-state index contributed by atoms with van der Waals surface area (Å²) >= 11 is 0. The Morgan fingerprint density at radius 1 is 0.879 bits per heavy atom. The molecule has 1 N–H and O–H groups in total. The highest BCUT2D eigenvalue weighted by Crippen LogP contribution is 2.31. The molecule has 0 saturated heterocycles. The van der Waals surface area contributed by atoms with Crippen LogP contribution in [0.5, 0.6) is 17.2 Å². The molecule has 0 radical (unpaired) electrons. The van der Waals surface area contributed by atoms with Crippen LogP contribution in [0.2, 0.25) is 0 Å². The molecule has 1 aromatic heterocycles. The van der Waals surface area contributed by atoms with Crippen LogP contribution < -0.4 is 19.5 Å². The maximum Gasteiger partial charge on any atom is 0.256 e. The number of carbonyl (C=O) groups excluding carboxylic acids is 1. The van der Waals surface area contributed by atoms with Gasteiger partial charge in [0.15, 0.2) is 11.5 Å². The minimum absolute atomic E-state index is 0.0626. The van der Waals surface area contributed by atoms with Gasteiger partial charge in [0.2, 0.25) is 0 Å². The highest BCUT2D eigenvalue weighted by molar-refractivity contribution is 6.13. The number of ether oxygens (including phenoxy) is 3. The number of hydrogen-bond donors (Lipinski definition) is 1. The smallest absolute Gasteiger partial charge is 0.256 e. The average molecular weight is 443 g/mol. The zero-order valence-corrected chi connectivity index (χ0v) is 19.1. The Bertz CT molecular complexity index is 1300. The van der Waals surface area contributed by atoms with Crippen molar-refractivity contribution in [2.24, 2.45) is 0 Å². The van der Waals surface area contributed by atoms with Gasteiger partial charge in [-0.05, 0) is 50.2 Å². The van der Waals surface area contributed by atoms with Crippen LogP contribution >= 0.6 is 0 Å². The molecule has 6 heteroatoms. The maximum atomic E-state index is 13.3. The Morgan fingerprint density at radius 3 is 2.42 bits per heavy atom. The van der Waals surface area contributed by atoms with E-state index in [4.69, 9.17) is 19.2 Å². The molecular weight excluding hydrogens is 416 g/mol. The molecule has 0 aliphatic heterocycles. The molecule has 3 aromatic carbocycles. The van der Waals surface area contributed by atoms with E-state index >= 15 is 0 Å². The van der Waals surface area contributed by atoms with E-state index in [1.54, 1.807) is 32.4 Å². The number of amides is 1. The van der Waals surface area contributed by atoms with Crippen LogP contribution in [0.25, 0.3) is 22.2 Å². The molecular formula is C27H26N2O4. The van der Waals surface area contributed by atoms with Crippen molar-refractivity contribution in [1.82, 2.24) is 4.98 Å². The van der Waals surface area contributed by atoms with Crippen molar-refractivity contribution >= 4 is 22.5 Å². The molecule has 33 heavy (non-hydrogen) atoms. The van der Waals surface area contributed by atoms with E-state index in [2.05, 4.69) is 5.32 Å². The second-order valence-electron chi connectivity index (χ2n) is 7.79. The lowest BCUT2D eigenvalue weighted by atomic mass is 10.0. The normalized spacial score (nSPS) is 10.8. The van der Waals surface area contributed by atoms with Gasteiger partial charge in [-0.15, -0.1) is 0 Å². The Kier molecular flexibility index (Phi) is 6.45. The zero-order chi connectivity index (χ0) is 23.4. The van der Waals surface area contributed by atoms with Crippen LogP contribution in [-0.4, -0.2) is 31.2 Å². The highest BCUT2D eigenvalue weighted by atomic mass is 16.5. The fourth-order valence-electron chi connectivity index (χ4n) is 3.62. The van der Waals surface area contributed by atoms with Crippen LogP contribution in [0.3, 0.4) is 0 Å². The average Bonchev–Trinajstić information content (AvgIpc) is 2.83. The number of anilines is 1. The number of methoxy groups -OCH3 is 2. The van der Waals surface area contributed by atoms with Gasteiger partial charge in [-0.3, -0.25) is 4.79 Å². The first-order valence-electron chi connectivity index (χ1n) is 10.7. The summed E-state index contributed by atoms with van der Waals surface area (Å²) in [4.78, 5) is 18.1. The lowest BCUT2D eigenvalue weighted by molar-refractivity contribution is 0.102. The van der Waals surface area contributed by atoms with Gasteiger partial charge in [-0.1, -0.05) is 30.3 Å². The summed E-state index contributed by atoms with van der Waals surface area (Å²) in [6.45, 7) is 3.97. The highest BCUT2D eigenvalue weighted by Gasteiger charge is 2.16. The molecule has 0 atom stereocenters. The number of hydrogen-bond acceptors (Lipinski definition) is 5. The van der Waals surface area contributed by atoms with Gasteiger partial charge in [-0.2, -0.15) is 0 Å². The predicted octanol–water partition coefficient (Wildman–Crippen LogP) is 5.96. The molecule has 0 bridgehead atoms. The summed E-state index contributed by atoms with van der Waals surface area (Å²) in [5.74, 6) is 1.65. The van der Waals surface area contributed by atoms with Crippen molar-refractivity contribution in [3.05, 3.63) is 78.4 Å². The number of para-hydroxylation sites is 1. The first-order chi connectivity index (χ1) is 16.0. The van der Waals surface area contributed by atoms with Crippen molar-refractivity contribution in [3.8, 4) is 28.5 Å². The third-order valence-corrected chi connectivity index (χ3v) is 5.10. The molecule has 168 valence electrons. The lowest BCUT2D eigenvalue weighted by Crippen LogP contribution is -2.13. The van der Waals surface area contributed by atoms with E-state index < -0.39 is 0 Å². The molecule has 0 unspecified atom stereocenters. The van der Waals surface area contributed by atoms with Gasteiger partial charge in [0.05, 0.1) is 37.1 Å². The van der Waals surface area contributed by atoms with Crippen molar-refractivity contribution in [2.45, 2.75) is 20.0 Å². The van der Waals surface area contributed by atoms with E-state index in [0.29, 0.717) is 28.4 Å². The number of fused-ring (bicyclic) bond motifs is 1. The summed E-state index contributed by atoms with van der Waals surface area (Å²) in [5.41, 5.74) is 3.44. The molecule has 4 aromatic rings. The molecule has 0 saturated carbocycles. The van der Waals surface area contributed by atoms with E-state index in [1.165, 1.54) is 0 Å². The Hall–Kier alpha value is -4.06. The predicted molar refractivity (Wildman–Crippen MR) is 130 cm³/mol. The summed E-state index contributed by atoms with van der Waals surface area (Å²) in [7, 11) is 3.13. The number of nitrogens with zero attached hydrogens (tertiary/aromatic N) is 1. The molecule has 0 spiro atoms. The van der Waals surface area contributed by atoms with Crippen LogP contribution in [0, 0.1) is 0 Å². The van der Waals surface area contributed by atoms with Crippen LogP contribution in [0.15, 0.2) is 72.8 Å². The standard InChI is InChI=1S/C27H26N2O4/c1-17(2)33-20-9-7-8-18(14-20)24-16-22(21-10-5-6-11-23(21)29-24)27(30)28-19-12-13-25(31-3)26(15-19)32-4/h5-17H,1-4H3,(H,28,30). The first-order valence-corrected chi connectivity index (χ1v) is 10.7. The van der Waals surface area contributed by atoms with Gasteiger partial charge in [0.1, 0.15) is 5.75 Å². The van der Waals surface area contributed by atoms with E-state index in [0.717, 1.165) is 22.2 Å². The van der Waals surface area contributed by atoms with Crippen LogP contribution in [-0.2, 0) is 0 Å². The topological polar surface area (TPSA) is 69.7 Å². The molecule has 1 amide bonds. The third-order valence-electron chi connectivity index (χ3n) is 5.10. The summed E-state index contributed by atoms with van der Waals surface area (Å²) in [5, 5.41) is 3.74. The van der Waals surface area contributed by atoms with Gasteiger partial charge in [0, 0.05) is 22.7 Å². The lowest BCUT2D eigenvalue weighted by Gasteiger charge is -2.14. The third kappa shape index (κ3) is 4.90. The van der Waals surface area contributed by atoms with Crippen LogP contribution in [0.4, 0.5) is 5.69 Å². The van der Waals surface area contributed by atoms with Crippen molar-refractivity contribution in [2.75, 3.05) is 19.5 Å². The minimum atomic E-state index is -0.239. The quantitative estimate of drug-likeness (QED) is 0.382. The Morgan fingerprint density at radius 2 is 1.67 bits per heavy atom. The van der Waals surface area contributed by atoms with Crippen LogP contribution in [0.1, 0.15) is 24.2 Å². The number of aromatic nitrogens is 1. The van der Waals surface area contributed by atoms with Crippen molar-refractivity contribution in [3.63, 3.8) is 0 Å². The molecule has 4 rings (SSSR count). The van der Waals surface area contributed by atoms with Gasteiger partial charge in [0.25, 0.3) is 5.91 Å². The van der Waals surface area contributed by atoms with Crippen molar-refractivity contribution < 1.29 is 19.0 Å². The summed E-state index contributed by atoms with van der Waals surface area (Å²) < 4.78 is 16.5. The Labute approximate surface area is 193 Å². The van der Waals surface area contributed by atoms with E-state index in [-0.39, 0.29) is 12.0 Å².